The lowest BCUT2D eigenvalue weighted by atomic mass is 9.84. The Balaban J connectivity index is 2.49. The van der Waals surface area contributed by atoms with Gasteiger partial charge in [-0.2, -0.15) is 0 Å². The molecule has 2 rings (SSSR count). The molecule has 0 heterocycles. The van der Waals surface area contributed by atoms with Crippen LogP contribution in [0.15, 0.2) is 71.2 Å². The molecule has 0 bridgehead atoms. The second-order valence-corrected chi connectivity index (χ2v) is 5.73. The number of aliphatic hydroxyl groups excluding tert-OH is 1. The van der Waals surface area contributed by atoms with Crippen molar-refractivity contribution in [1.29, 1.82) is 0 Å². The van der Waals surface area contributed by atoms with Crippen molar-refractivity contribution in [3.8, 4) is 0 Å². The molecular weight excluding hydrogens is 344 g/mol. The van der Waals surface area contributed by atoms with Crippen LogP contribution in [0.3, 0.4) is 0 Å². The average Bonchev–Trinajstić information content (AvgIpc) is 2.56. The largest absolute Gasteiger partial charge is 0.466 e. The Bertz CT molecular complexity index is 667. The quantitative estimate of drug-likeness (QED) is 0.647. The monoisotopic (exact) mass is 360 g/mol. The maximum atomic E-state index is 11.9. The Morgan fingerprint density at radius 3 is 2.32 bits per heavy atom. The summed E-state index contributed by atoms with van der Waals surface area (Å²) in [5.74, 6) is -1.12. The Morgan fingerprint density at radius 1 is 1.14 bits per heavy atom. The highest BCUT2D eigenvalue weighted by Gasteiger charge is 2.30. The summed E-state index contributed by atoms with van der Waals surface area (Å²) in [6.07, 6.45) is -0.897. The van der Waals surface area contributed by atoms with Gasteiger partial charge in [0.05, 0.1) is 13.2 Å². The van der Waals surface area contributed by atoms with Crippen molar-refractivity contribution in [3.05, 3.63) is 82.3 Å². The normalized spacial score (nSPS) is 13.2. The van der Waals surface area contributed by atoms with Gasteiger partial charge < -0.3 is 9.84 Å². The van der Waals surface area contributed by atoms with E-state index >= 15 is 0 Å². The van der Waals surface area contributed by atoms with E-state index in [1.807, 2.05) is 54.6 Å². The average molecular weight is 361 g/mol. The third-order valence-corrected chi connectivity index (χ3v) is 4.24. The van der Waals surface area contributed by atoms with Gasteiger partial charge in [-0.25, -0.2) is 4.79 Å². The molecule has 0 amide bonds. The summed E-state index contributed by atoms with van der Waals surface area (Å²) in [5, 5.41) is 10.8. The van der Waals surface area contributed by atoms with Gasteiger partial charge in [0.2, 0.25) is 0 Å². The first-order valence-electron chi connectivity index (χ1n) is 6.80. The highest BCUT2D eigenvalue weighted by molar-refractivity contribution is 9.10. The molecule has 0 saturated heterocycles. The smallest absolute Gasteiger partial charge is 0.333 e. The first-order valence-corrected chi connectivity index (χ1v) is 7.60. The van der Waals surface area contributed by atoms with Crippen LogP contribution >= 0.6 is 15.9 Å². The molecule has 3 nitrogen and oxygen atoms in total. The molecule has 0 unspecified atom stereocenters. The number of hydrogen-bond donors (Lipinski definition) is 1. The van der Waals surface area contributed by atoms with Gasteiger partial charge in [-0.05, 0) is 17.2 Å². The molecule has 0 fully saturated rings. The molecule has 2 aromatic rings. The summed E-state index contributed by atoms with van der Waals surface area (Å²) >= 11 is 3.47. The molecule has 2 aromatic carbocycles. The lowest BCUT2D eigenvalue weighted by Gasteiger charge is -2.25. The topological polar surface area (TPSA) is 46.5 Å². The fourth-order valence-electron chi connectivity index (χ4n) is 2.38. The van der Waals surface area contributed by atoms with Gasteiger partial charge in [0.25, 0.3) is 0 Å². The van der Waals surface area contributed by atoms with Crippen LogP contribution in [0.1, 0.15) is 23.1 Å². The van der Waals surface area contributed by atoms with Gasteiger partial charge in [0.15, 0.2) is 0 Å². The molecule has 0 aliphatic rings. The molecule has 0 aliphatic heterocycles. The highest BCUT2D eigenvalue weighted by Crippen LogP contribution is 2.39. The summed E-state index contributed by atoms with van der Waals surface area (Å²) in [7, 11) is 1.31. The number of ether oxygens (including phenoxy) is 1. The number of hydrogen-bond acceptors (Lipinski definition) is 3. The Hall–Kier alpha value is -1.91. The van der Waals surface area contributed by atoms with E-state index in [1.54, 1.807) is 0 Å². The van der Waals surface area contributed by atoms with Crippen molar-refractivity contribution in [2.45, 2.75) is 12.0 Å². The molecule has 114 valence electrons. The summed E-state index contributed by atoms with van der Waals surface area (Å²) in [6.45, 7) is 3.83. The van der Waals surface area contributed by atoms with Gasteiger partial charge in [0, 0.05) is 16.0 Å². The van der Waals surface area contributed by atoms with Gasteiger partial charge in [-0.1, -0.05) is 71.0 Å². The molecular formula is C18H17BrO3. The standard InChI is InChI=1S/C18H17BrO3/c1-12(18(21)22-2)16(14-10-6-7-11-15(14)19)17(20)13-8-4-3-5-9-13/h3-11,16-17,20H,1H2,2H3/t16-,17+/m0/s1. The van der Waals surface area contributed by atoms with Crippen molar-refractivity contribution in [1.82, 2.24) is 0 Å². The molecule has 0 spiro atoms. The van der Waals surface area contributed by atoms with Crippen molar-refractivity contribution >= 4 is 21.9 Å². The van der Waals surface area contributed by atoms with E-state index in [0.29, 0.717) is 5.56 Å². The molecule has 0 aliphatic carbocycles. The number of methoxy groups -OCH3 is 1. The van der Waals surface area contributed by atoms with Gasteiger partial charge >= 0.3 is 5.97 Å². The van der Waals surface area contributed by atoms with Crippen LogP contribution in [0.4, 0.5) is 0 Å². The number of aliphatic hydroxyl groups is 1. The van der Waals surface area contributed by atoms with Crippen molar-refractivity contribution in [2.24, 2.45) is 0 Å². The van der Waals surface area contributed by atoms with Crippen molar-refractivity contribution < 1.29 is 14.6 Å². The van der Waals surface area contributed by atoms with E-state index in [9.17, 15) is 9.90 Å². The minimum atomic E-state index is -0.897. The van der Waals surface area contributed by atoms with Gasteiger partial charge in [0.1, 0.15) is 0 Å². The van der Waals surface area contributed by atoms with Crippen LogP contribution in [0, 0.1) is 0 Å². The second kappa shape index (κ2) is 7.38. The molecule has 4 heteroatoms. The van der Waals surface area contributed by atoms with E-state index in [2.05, 4.69) is 22.5 Å². The lowest BCUT2D eigenvalue weighted by Crippen LogP contribution is -2.19. The zero-order chi connectivity index (χ0) is 16.1. The van der Waals surface area contributed by atoms with E-state index < -0.39 is 18.0 Å². The summed E-state index contributed by atoms with van der Waals surface area (Å²) in [5.41, 5.74) is 1.72. The number of rotatable bonds is 5. The first-order chi connectivity index (χ1) is 10.6. The number of halogens is 1. The number of benzene rings is 2. The second-order valence-electron chi connectivity index (χ2n) is 4.87. The van der Waals surface area contributed by atoms with Crippen molar-refractivity contribution in [3.63, 3.8) is 0 Å². The molecule has 1 N–H and O–H groups in total. The van der Waals surface area contributed by atoms with E-state index in [1.165, 1.54) is 7.11 Å². The third-order valence-electron chi connectivity index (χ3n) is 3.52. The SMILES string of the molecule is C=C(C(=O)OC)[C@@H](c1ccccc1Br)[C@H](O)c1ccccc1. The molecule has 2 atom stereocenters. The minimum absolute atomic E-state index is 0.214. The Labute approximate surface area is 138 Å². The Morgan fingerprint density at radius 2 is 1.73 bits per heavy atom. The Kier molecular flexibility index (Phi) is 5.52. The molecule has 0 saturated carbocycles. The van der Waals surface area contributed by atoms with E-state index in [4.69, 9.17) is 4.74 Å². The summed E-state index contributed by atoms with van der Waals surface area (Å²) < 4.78 is 5.58. The van der Waals surface area contributed by atoms with Crippen LogP contribution < -0.4 is 0 Å². The molecule has 0 aromatic heterocycles. The fraction of sp³-hybridized carbons (Fsp3) is 0.167. The zero-order valence-electron chi connectivity index (χ0n) is 12.2. The van der Waals surface area contributed by atoms with Crippen LogP contribution in [0.25, 0.3) is 0 Å². The van der Waals surface area contributed by atoms with Crippen LogP contribution in [0.5, 0.6) is 0 Å². The lowest BCUT2D eigenvalue weighted by molar-refractivity contribution is -0.136. The van der Waals surface area contributed by atoms with Crippen LogP contribution in [-0.2, 0) is 9.53 Å². The fourth-order valence-corrected chi connectivity index (χ4v) is 2.91. The zero-order valence-corrected chi connectivity index (χ0v) is 13.8. The van der Waals surface area contributed by atoms with Crippen molar-refractivity contribution in [2.75, 3.05) is 7.11 Å². The summed E-state index contributed by atoms with van der Waals surface area (Å²) in [4.78, 5) is 11.9. The van der Waals surface area contributed by atoms with Crippen LogP contribution in [0.2, 0.25) is 0 Å². The highest BCUT2D eigenvalue weighted by atomic mass is 79.9. The summed E-state index contributed by atoms with van der Waals surface area (Å²) in [6, 6.07) is 16.7. The predicted octanol–water partition coefficient (Wildman–Crippen LogP) is 4.00. The first kappa shape index (κ1) is 16.5. The number of esters is 1. The number of carbonyl (C=O) groups is 1. The molecule has 22 heavy (non-hydrogen) atoms. The minimum Gasteiger partial charge on any atom is -0.466 e. The van der Waals surface area contributed by atoms with Gasteiger partial charge in [-0.3, -0.25) is 0 Å². The van der Waals surface area contributed by atoms with E-state index in [-0.39, 0.29) is 5.57 Å². The molecule has 0 radical (unpaired) electrons. The predicted molar refractivity (Wildman–Crippen MR) is 89.4 cm³/mol. The van der Waals surface area contributed by atoms with E-state index in [0.717, 1.165) is 10.0 Å². The van der Waals surface area contributed by atoms with Crippen LogP contribution in [-0.4, -0.2) is 18.2 Å². The maximum absolute atomic E-state index is 11.9. The third kappa shape index (κ3) is 3.46. The maximum Gasteiger partial charge on any atom is 0.333 e. The van der Waals surface area contributed by atoms with Gasteiger partial charge in [-0.15, -0.1) is 0 Å². The number of carbonyl (C=O) groups excluding carboxylic acids is 1.